The highest BCUT2D eigenvalue weighted by Crippen LogP contribution is 2.58. The van der Waals surface area contributed by atoms with Crippen molar-refractivity contribution in [2.24, 2.45) is 17.8 Å². The topological polar surface area (TPSA) is 144 Å². The van der Waals surface area contributed by atoms with E-state index in [9.17, 15) is 24.3 Å². The van der Waals surface area contributed by atoms with Crippen LogP contribution in [0.15, 0.2) is 24.3 Å². The van der Waals surface area contributed by atoms with E-state index in [0.717, 1.165) is 14.2 Å². The molecule has 1 fully saturated rings. The lowest BCUT2D eigenvalue weighted by molar-refractivity contribution is -0.384. The van der Waals surface area contributed by atoms with Gasteiger partial charge in [0, 0.05) is 26.4 Å². The molecule has 1 saturated heterocycles. The van der Waals surface area contributed by atoms with Gasteiger partial charge >= 0.3 is 13.6 Å². The largest absolute Gasteiger partial charge is 0.459 e. The smallest absolute Gasteiger partial charge is 0.364 e. The summed E-state index contributed by atoms with van der Waals surface area (Å²) in [4.78, 5) is 39.7. The van der Waals surface area contributed by atoms with Crippen molar-refractivity contribution in [2.45, 2.75) is 123 Å². The molecule has 12 nitrogen and oxygen atoms in total. The summed E-state index contributed by atoms with van der Waals surface area (Å²) in [7, 11) is -6.13. The van der Waals surface area contributed by atoms with Crippen LogP contribution in [-0.2, 0) is 43.4 Å². The summed E-state index contributed by atoms with van der Waals surface area (Å²) in [5.41, 5.74) is 0.352. The molecular weight excluding hydrogens is 660 g/mol. The van der Waals surface area contributed by atoms with Crippen LogP contribution in [0.4, 0.5) is 5.69 Å². The highest BCUT2D eigenvalue weighted by atomic mass is 31.2. The molecular formula is C32H57N2O10PSi2. The first-order valence-corrected chi connectivity index (χ1v) is 22.4. The lowest BCUT2D eigenvalue weighted by Gasteiger charge is -2.58. The molecule has 1 aliphatic rings. The average Bonchev–Trinajstić information content (AvgIpc) is 3.00. The molecule has 5 unspecified atom stereocenters. The minimum absolute atomic E-state index is 0.114. The number of ether oxygens (including phenoxy) is 1. The van der Waals surface area contributed by atoms with Gasteiger partial charge in [0.15, 0.2) is 23.9 Å². The van der Waals surface area contributed by atoms with Crippen LogP contribution in [0, 0.1) is 27.9 Å². The quantitative estimate of drug-likeness (QED) is 0.0296. The van der Waals surface area contributed by atoms with Gasteiger partial charge in [-0.3, -0.25) is 19.5 Å². The fraction of sp³-hybridized carbons (Fsp3) is 0.750. The van der Waals surface area contributed by atoms with Gasteiger partial charge in [0.1, 0.15) is 6.61 Å². The normalized spacial score (nSPS) is 20.9. The van der Waals surface area contributed by atoms with Gasteiger partial charge in [-0.1, -0.05) is 62.3 Å². The minimum Gasteiger partial charge on any atom is -0.459 e. The standard InChI is InChI=1S/C32H57N2O10PSi2/c1-15-25-26(32(10,43-46(13)30(6,7)21(2)3)44-47(14)31(8,9)22(4)5)33(27(25)35)28(45(39,40-11)41-12)29(36)42-20-23-16-18-24(19-17-23)34(37)38/h16-19,21-22,25-26,28,46-47H,15,20H2,1-14H3. The summed E-state index contributed by atoms with van der Waals surface area (Å²) in [6, 6.07) is 4.71. The highest BCUT2D eigenvalue weighted by molar-refractivity contribution is 7.55. The van der Waals surface area contributed by atoms with Crippen molar-refractivity contribution in [2.75, 3.05) is 14.2 Å². The minimum atomic E-state index is -4.30. The number of hydrogen-bond acceptors (Lipinski definition) is 10. The second kappa shape index (κ2) is 15.7. The lowest BCUT2D eigenvalue weighted by atomic mass is 9.80. The monoisotopic (exact) mass is 716 g/mol. The maximum atomic E-state index is 14.1. The van der Waals surface area contributed by atoms with E-state index >= 15 is 0 Å². The fourth-order valence-corrected chi connectivity index (χ4v) is 11.4. The Morgan fingerprint density at radius 3 is 1.77 bits per heavy atom. The van der Waals surface area contributed by atoms with Crippen molar-refractivity contribution in [3.63, 3.8) is 0 Å². The van der Waals surface area contributed by atoms with Gasteiger partial charge in [-0.25, -0.2) is 4.79 Å². The Morgan fingerprint density at radius 2 is 1.40 bits per heavy atom. The Balaban J connectivity index is 2.67. The summed E-state index contributed by atoms with van der Waals surface area (Å²) in [6.45, 7) is 25.0. The maximum absolute atomic E-state index is 14.1. The molecule has 0 N–H and O–H groups in total. The SMILES string of the molecule is CCC1C(=O)N(C(C(=O)OCc2ccc([N+](=O)[O-])cc2)P(=O)(OC)OC)C1C(C)(O[SiH](C)C(C)(C)C(C)C)O[SiH](C)C(C)(C)C(C)C. The molecule has 5 atom stereocenters. The zero-order valence-electron chi connectivity index (χ0n) is 30.7. The number of nitro groups is 1. The molecule has 0 aliphatic carbocycles. The number of amides is 1. The number of carbonyl (C=O) groups excluding carboxylic acids is 2. The molecule has 1 heterocycles. The van der Waals surface area contributed by atoms with Crippen molar-refractivity contribution in [3.05, 3.63) is 39.9 Å². The third-order valence-corrected chi connectivity index (χ3v) is 20.2. The van der Waals surface area contributed by atoms with Gasteiger partial charge in [0.25, 0.3) is 5.69 Å². The van der Waals surface area contributed by atoms with Crippen LogP contribution in [0.2, 0.25) is 23.2 Å². The van der Waals surface area contributed by atoms with E-state index < -0.39 is 66.0 Å². The summed E-state index contributed by atoms with van der Waals surface area (Å²) in [5, 5.41) is 10.8. The van der Waals surface area contributed by atoms with Crippen LogP contribution in [-0.4, -0.2) is 71.6 Å². The zero-order valence-corrected chi connectivity index (χ0v) is 33.9. The van der Waals surface area contributed by atoms with Crippen LogP contribution in [0.25, 0.3) is 0 Å². The van der Waals surface area contributed by atoms with Crippen LogP contribution in [0.3, 0.4) is 0 Å². The number of hydrogen-bond donors (Lipinski definition) is 0. The van der Waals surface area contributed by atoms with Crippen LogP contribution >= 0.6 is 7.60 Å². The first kappa shape index (κ1) is 41.2. The second-order valence-corrected chi connectivity index (χ2v) is 22.8. The van der Waals surface area contributed by atoms with Crippen molar-refractivity contribution in [1.29, 1.82) is 0 Å². The van der Waals surface area contributed by atoms with Crippen LogP contribution in [0.5, 0.6) is 0 Å². The molecule has 2 rings (SSSR count). The first-order chi connectivity index (χ1) is 21.5. The lowest BCUT2D eigenvalue weighted by Crippen LogP contribution is -2.75. The third-order valence-electron chi connectivity index (χ3n) is 10.9. The van der Waals surface area contributed by atoms with Crippen molar-refractivity contribution < 1.29 is 41.7 Å². The van der Waals surface area contributed by atoms with Crippen molar-refractivity contribution in [1.82, 2.24) is 4.90 Å². The van der Waals surface area contributed by atoms with E-state index in [1.807, 2.05) is 13.8 Å². The van der Waals surface area contributed by atoms with Gasteiger partial charge in [0.2, 0.25) is 11.7 Å². The predicted molar refractivity (Wildman–Crippen MR) is 187 cm³/mol. The van der Waals surface area contributed by atoms with Crippen molar-refractivity contribution >= 4 is 43.2 Å². The zero-order chi connectivity index (χ0) is 36.3. The van der Waals surface area contributed by atoms with E-state index in [1.54, 1.807) is 0 Å². The fourth-order valence-electron chi connectivity index (χ4n) is 5.59. The molecule has 47 heavy (non-hydrogen) atoms. The maximum Gasteiger partial charge on any atom is 0.364 e. The van der Waals surface area contributed by atoms with E-state index in [1.165, 1.54) is 29.2 Å². The molecule has 0 aromatic heterocycles. The number of β-lactam (4-membered cyclic amide) rings is 1. The Bertz CT molecular complexity index is 1270. The second-order valence-electron chi connectivity index (χ2n) is 14.5. The predicted octanol–water partition coefficient (Wildman–Crippen LogP) is 7.02. The number of carbonyl (C=O) groups is 2. The summed E-state index contributed by atoms with van der Waals surface area (Å²) in [6.07, 6.45) is 0.435. The Morgan fingerprint density at radius 1 is 0.957 bits per heavy atom. The first-order valence-electron chi connectivity index (χ1n) is 16.3. The van der Waals surface area contributed by atoms with Crippen LogP contribution in [0.1, 0.15) is 81.2 Å². The number of rotatable bonds is 18. The Kier molecular flexibility index (Phi) is 13.8. The molecule has 1 aromatic rings. The van der Waals surface area contributed by atoms with E-state index in [-0.39, 0.29) is 22.4 Å². The van der Waals surface area contributed by atoms with E-state index in [4.69, 9.17) is 22.6 Å². The average molecular weight is 717 g/mol. The molecule has 0 spiro atoms. The molecule has 1 aliphatic heterocycles. The number of nitrogens with zero attached hydrogens (tertiary/aromatic N) is 2. The molecule has 1 aromatic carbocycles. The highest BCUT2D eigenvalue weighted by Gasteiger charge is 2.65. The number of nitro benzene ring substituents is 1. The number of non-ortho nitro benzene ring substituents is 1. The van der Waals surface area contributed by atoms with E-state index in [0.29, 0.717) is 23.8 Å². The molecule has 268 valence electrons. The van der Waals surface area contributed by atoms with Gasteiger partial charge in [-0.15, -0.1) is 0 Å². The number of esters is 1. The molecule has 1 amide bonds. The van der Waals surface area contributed by atoms with Gasteiger partial charge in [-0.05, 0) is 66.0 Å². The summed E-state index contributed by atoms with van der Waals surface area (Å²) < 4.78 is 44.6. The van der Waals surface area contributed by atoms with Gasteiger partial charge in [-0.2, -0.15) is 0 Å². The Labute approximate surface area is 284 Å². The van der Waals surface area contributed by atoms with Crippen LogP contribution < -0.4 is 0 Å². The Hall–Kier alpha value is -1.94. The molecule has 15 heteroatoms. The molecule has 0 saturated carbocycles. The summed E-state index contributed by atoms with van der Waals surface area (Å²) >= 11 is 0. The van der Waals surface area contributed by atoms with E-state index in [2.05, 4.69) is 68.5 Å². The molecule has 0 radical (unpaired) electrons. The summed E-state index contributed by atoms with van der Waals surface area (Å²) in [5.74, 6) is -4.45. The van der Waals surface area contributed by atoms with Gasteiger partial charge in [0.05, 0.1) is 16.9 Å². The van der Waals surface area contributed by atoms with Gasteiger partial charge < -0.3 is 27.5 Å². The number of benzene rings is 1. The molecule has 0 bridgehead atoms. The number of likely N-dealkylation sites (tertiary alicyclic amines) is 1. The third kappa shape index (κ3) is 8.63. The van der Waals surface area contributed by atoms with Crippen molar-refractivity contribution in [3.8, 4) is 0 Å².